The number of carbonyl (C=O) groups excluding carboxylic acids is 1. The summed E-state index contributed by atoms with van der Waals surface area (Å²) in [7, 11) is 0. The Bertz CT molecular complexity index is 754. The first-order chi connectivity index (χ1) is 11.2. The van der Waals surface area contributed by atoms with Crippen LogP contribution in [0.25, 0.3) is 6.08 Å². The van der Waals surface area contributed by atoms with Crippen molar-refractivity contribution in [3.8, 4) is 5.75 Å². The summed E-state index contributed by atoms with van der Waals surface area (Å²) < 4.78 is 5.41. The van der Waals surface area contributed by atoms with Gasteiger partial charge < -0.3 is 10.1 Å². The van der Waals surface area contributed by atoms with Crippen LogP contribution in [-0.2, 0) is 4.79 Å². The molecule has 2 aromatic rings. The maximum absolute atomic E-state index is 12.6. The molecule has 0 saturated carbocycles. The predicted molar refractivity (Wildman–Crippen MR) is 95.2 cm³/mol. The van der Waals surface area contributed by atoms with Crippen LogP contribution in [0.15, 0.2) is 60.3 Å². The Balaban J connectivity index is 1.84. The standard InChI is InChI=1S/C18H16N2O2S/c1-2-22-15-10-8-13(9-11-15)12-16-17(21)20(18(23)19-16)14-6-4-3-5-7-14/h3-12H,2H2,1H3,(H,19,23)/b16-12-. The Labute approximate surface area is 140 Å². The molecule has 0 spiro atoms. The number of rotatable bonds is 4. The number of ether oxygens (including phenoxy) is 1. The Kier molecular flexibility index (Phi) is 4.39. The average molecular weight is 324 g/mol. The van der Waals surface area contributed by atoms with Gasteiger partial charge in [-0.3, -0.25) is 9.69 Å². The minimum atomic E-state index is -0.157. The molecule has 0 bridgehead atoms. The molecule has 1 saturated heterocycles. The lowest BCUT2D eigenvalue weighted by atomic mass is 10.2. The van der Waals surface area contributed by atoms with Gasteiger partial charge in [0.15, 0.2) is 5.11 Å². The first kappa shape index (κ1) is 15.2. The van der Waals surface area contributed by atoms with Gasteiger partial charge in [0.2, 0.25) is 0 Å². The highest BCUT2D eigenvalue weighted by Gasteiger charge is 2.31. The second-order valence-corrected chi connectivity index (χ2v) is 5.35. The van der Waals surface area contributed by atoms with Crippen molar-refractivity contribution in [1.82, 2.24) is 5.32 Å². The fourth-order valence-corrected chi connectivity index (χ4v) is 2.64. The molecule has 3 rings (SSSR count). The number of amides is 1. The van der Waals surface area contributed by atoms with E-state index in [1.807, 2.05) is 61.5 Å². The van der Waals surface area contributed by atoms with E-state index in [-0.39, 0.29) is 5.91 Å². The van der Waals surface area contributed by atoms with Crippen molar-refractivity contribution in [2.24, 2.45) is 0 Å². The summed E-state index contributed by atoms with van der Waals surface area (Å²) in [5, 5.41) is 3.37. The van der Waals surface area contributed by atoms with Gasteiger partial charge in [0.1, 0.15) is 11.4 Å². The van der Waals surface area contributed by atoms with Gasteiger partial charge in [0, 0.05) is 0 Å². The van der Waals surface area contributed by atoms with E-state index in [2.05, 4.69) is 5.32 Å². The molecule has 0 atom stereocenters. The van der Waals surface area contributed by atoms with Gasteiger partial charge in [-0.2, -0.15) is 0 Å². The van der Waals surface area contributed by atoms with Gasteiger partial charge in [0.25, 0.3) is 5.91 Å². The summed E-state index contributed by atoms with van der Waals surface area (Å²) in [6.07, 6.45) is 1.79. The van der Waals surface area contributed by atoms with E-state index in [4.69, 9.17) is 17.0 Å². The van der Waals surface area contributed by atoms with Crippen LogP contribution in [0.3, 0.4) is 0 Å². The third-order valence-corrected chi connectivity index (χ3v) is 3.68. The highest BCUT2D eigenvalue weighted by atomic mass is 32.1. The molecule has 5 heteroatoms. The van der Waals surface area contributed by atoms with Gasteiger partial charge in [0.05, 0.1) is 12.3 Å². The lowest BCUT2D eigenvalue weighted by molar-refractivity contribution is -0.113. The van der Waals surface area contributed by atoms with Crippen molar-refractivity contribution >= 4 is 35.0 Å². The number of hydrogen-bond acceptors (Lipinski definition) is 3. The fourth-order valence-electron chi connectivity index (χ4n) is 2.34. The first-order valence-corrected chi connectivity index (χ1v) is 7.75. The Morgan fingerprint density at radius 1 is 1.13 bits per heavy atom. The van der Waals surface area contributed by atoms with Crippen molar-refractivity contribution < 1.29 is 9.53 Å². The average Bonchev–Trinajstić information content (AvgIpc) is 2.84. The molecule has 1 aliphatic rings. The van der Waals surface area contributed by atoms with Gasteiger partial charge in [-0.1, -0.05) is 30.3 Å². The number of hydrogen-bond donors (Lipinski definition) is 1. The largest absolute Gasteiger partial charge is 0.494 e. The summed E-state index contributed by atoms with van der Waals surface area (Å²) >= 11 is 5.28. The van der Waals surface area contributed by atoms with Gasteiger partial charge >= 0.3 is 0 Å². The van der Waals surface area contributed by atoms with E-state index in [9.17, 15) is 4.79 Å². The van der Waals surface area contributed by atoms with Crippen LogP contribution >= 0.6 is 12.2 Å². The molecule has 0 unspecified atom stereocenters. The molecule has 1 aliphatic heterocycles. The predicted octanol–water partition coefficient (Wildman–Crippen LogP) is 3.35. The Morgan fingerprint density at radius 3 is 2.48 bits per heavy atom. The minimum Gasteiger partial charge on any atom is -0.494 e. The monoisotopic (exact) mass is 324 g/mol. The summed E-state index contributed by atoms with van der Waals surface area (Å²) in [6, 6.07) is 16.9. The number of benzene rings is 2. The molecular formula is C18H16N2O2S. The Morgan fingerprint density at radius 2 is 1.83 bits per heavy atom. The first-order valence-electron chi connectivity index (χ1n) is 7.34. The molecular weight excluding hydrogens is 308 g/mol. The van der Waals surface area contributed by atoms with Crippen LogP contribution in [0.1, 0.15) is 12.5 Å². The molecule has 1 N–H and O–H groups in total. The highest BCUT2D eigenvalue weighted by Crippen LogP contribution is 2.22. The molecule has 1 heterocycles. The number of nitrogens with one attached hydrogen (secondary N) is 1. The van der Waals surface area contributed by atoms with Crippen molar-refractivity contribution in [2.45, 2.75) is 6.92 Å². The molecule has 0 aliphatic carbocycles. The fraction of sp³-hybridized carbons (Fsp3) is 0.111. The molecule has 0 aromatic heterocycles. The number of anilines is 1. The number of carbonyl (C=O) groups is 1. The molecule has 116 valence electrons. The van der Waals surface area contributed by atoms with Crippen LogP contribution in [0.2, 0.25) is 0 Å². The van der Waals surface area contributed by atoms with Crippen molar-refractivity contribution in [3.05, 3.63) is 65.9 Å². The molecule has 23 heavy (non-hydrogen) atoms. The maximum atomic E-state index is 12.6. The summed E-state index contributed by atoms with van der Waals surface area (Å²) in [4.78, 5) is 14.1. The lowest BCUT2D eigenvalue weighted by Crippen LogP contribution is -2.30. The van der Waals surface area contributed by atoms with Crippen LogP contribution in [-0.4, -0.2) is 17.6 Å². The van der Waals surface area contributed by atoms with Crippen LogP contribution in [0, 0.1) is 0 Å². The second kappa shape index (κ2) is 6.62. The second-order valence-electron chi connectivity index (χ2n) is 4.97. The van der Waals surface area contributed by atoms with Crippen molar-refractivity contribution in [3.63, 3.8) is 0 Å². The Hall–Kier alpha value is -2.66. The van der Waals surface area contributed by atoms with Crippen LogP contribution in [0.5, 0.6) is 5.75 Å². The van der Waals surface area contributed by atoms with Crippen LogP contribution in [0.4, 0.5) is 5.69 Å². The van der Waals surface area contributed by atoms with Gasteiger partial charge in [-0.05, 0) is 55.0 Å². The zero-order valence-corrected chi connectivity index (χ0v) is 13.5. The van der Waals surface area contributed by atoms with Crippen LogP contribution < -0.4 is 15.0 Å². The van der Waals surface area contributed by atoms with E-state index in [0.29, 0.717) is 17.4 Å². The number of nitrogens with zero attached hydrogens (tertiary/aromatic N) is 1. The molecule has 0 radical (unpaired) electrons. The third-order valence-electron chi connectivity index (χ3n) is 3.39. The quantitative estimate of drug-likeness (QED) is 0.692. The number of para-hydroxylation sites is 1. The van der Waals surface area contributed by atoms with Gasteiger partial charge in [-0.25, -0.2) is 0 Å². The zero-order chi connectivity index (χ0) is 16.2. The molecule has 2 aromatic carbocycles. The molecule has 1 amide bonds. The summed E-state index contributed by atoms with van der Waals surface area (Å²) in [5.41, 5.74) is 2.12. The van der Waals surface area contributed by atoms with E-state index in [1.165, 1.54) is 4.90 Å². The van der Waals surface area contributed by atoms with Crippen molar-refractivity contribution in [2.75, 3.05) is 11.5 Å². The van der Waals surface area contributed by atoms with E-state index >= 15 is 0 Å². The van der Waals surface area contributed by atoms with Crippen molar-refractivity contribution in [1.29, 1.82) is 0 Å². The molecule has 1 fully saturated rings. The third kappa shape index (κ3) is 3.24. The van der Waals surface area contributed by atoms with E-state index in [1.54, 1.807) is 6.08 Å². The highest BCUT2D eigenvalue weighted by molar-refractivity contribution is 7.80. The SMILES string of the molecule is CCOc1ccc(/C=C2\NC(=S)N(c3ccccc3)C2=O)cc1. The van der Waals surface area contributed by atoms with E-state index in [0.717, 1.165) is 17.0 Å². The zero-order valence-electron chi connectivity index (χ0n) is 12.7. The topological polar surface area (TPSA) is 41.6 Å². The smallest absolute Gasteiger partial charge is 0.281 e. The van der Waals surface area contributed by atoms with Gasteiger partial charge in [-0.15, -0.1) is 0 Å². The lowest BCUT2D eigenvalue weighted by Gasteiger charge is -2.13. The normalized spacial score (nSPS) is 15.9. The number of thiocarbonyl (C=S) groups is 1. The maximum Gasteiger partial charge on any atom is 0.281 e. The summed E-state index contributed by atoms with van der Waals surface area (Å²) in [5.74, 6) is 0.650. The summed E-state index contributed by atoms with van der Waals surface area (Å²) in [6.45, 7) is 2.57. The molecule has 4 nitrogen and oxygen atoms in total. The minimum absolute atomic E-state index is 0.157. The van der Waals surface area contributed by atoms with E-state index < -0.39 is 0 Å².